The van der Waals surface area contributed by atoms with Crippen LogP contribution >= 0.6 is 0 Å². The highest BCUT2D eigenvalue weighted by Crippen LogP contribution is 2.25. The number of carbonyl (C=O) groups excluding carboxylic acids is 1. The van der Waals surface area contributed by atoms with Gasteiger partial charge in [0, 0.05) is 0 Å². The molecule has 0 atom stereocenters. The molecule has 5 nitrogen and oxygen atoms in total. The summed E-state index contributed by atoms with van der Waals surface area (Å²) in [6.45, 7) is -0.117. The number of nitrogens with zero attached hydrogens (tertiary/aromatic N) is 1. The Morgan fingerprint density at radius 3 is 2.93 bits per heavy atom. The molecule has 1 aliphatic rings. The smallest absolute Gasteiger partial charge is 0.304 e. The minimum atomic E-state index is -0.302. The second-order valence-corrected chi connectivity index (χ2v) is 2.88. The number of ketones is 1. The molecule has 1 aromatic rings. The van der Waals surface area contributed by atoms with Crippen LogP contribution in [0, 0.1) is 0 Å². The van der Waals surface area contributed by atoms with Crippen LogP contribution in [0.2, 0.25) is 0 Å². The number of rotatable bonds is 3. The van der Waals surface area contributed by atoms with Crippen molar-refractivity contribution in [2.75, 3.05) is 13.2 Å². The predicted octanol–water partition coefficient (Wildman–Crippen LogP) is 0.584. The Balaban J connectivity index is 2.16. The number of aliphatic hydroxyl groups is 1. The lowest BCUT2D eigenvalue weighted by molar-refractivity contribution is 0.0907. The topological polar surface area (TPSA) is 68.1 Å². The van der Waals surface area contributed by atoms with Crippen LogP contribution in [0.3, 0.4) is 0 Å². The zero-order valence-electron chi connectivity index (χ0n) is 7.84. The summed E-state index contributed by atoms with van der Waals surface area (Å²) in [7, 11) is 0. The van der Waals surface area contributed by atoms with Gasteiger partial charge in [-0.1, -0.05) is 12.1 Å². The number of para-hydroxylation sites is 1. The van der Waals surface area contributed by atoms with Gasteiger partial charge < -0.3 is 14.7 Å². The quantitative estimate of drug-likeness (QED) is 0.581. The first-order valence-corrected chi connectivity index (χ1v) is 4.45. The average molecular weight is 207 g/mol. The molecule has 15 heavy (non-hydrogen) atoms. The second kappa shape index (κ2) is 4.10. The van der Waals surface area contributed by atoms with Crippen LogP contribution in [-0.4, -0.2) is 30.0 Å². The zero-order chi connectivity index (χ0) is 10.7. The minimum Gasteiger partial charge on any atom is -0.433 e. The highest BCUT2D eigenvalue weighted by molar-refractivity contribution is 6.46. The van der Waals surface area contributed by atoms with Crippen LogP contribution < -0.4 is 4.74 Å². The molecule has 0 fully saturated rings. The molecule has 0 saturated heterocycles. The summed E-state index contributed by atoms with van der Waals surface area (Å²) in [5, 5.41) is 12.0. The molecule has 5 heteroatoms. The van der Waals surface area contributed by atoms with Crippen LogP contribution in [0.25, 0.3) is 0 Å². The maximum Gasteiger partial charge on any atom is 0.304 e. The average Bonchev–Trinajstić information content (AvgIpc) is 2.57. The van der Waals surface area contributed by atoms with Crippen molar-refractivity contribution < 1.29 is 19.5 Å². The molecule has 0 radical (unpaired) electrons. The summed E-state index contributed by atoms with van der Waals surface area (Å²) in [5.41, 5.74) is 0.476. The van der Waals surface area contributed by atoms with E-state index in [9.17, 15) is 4.79 Å². The molecule has 0 spiro atoms. The Hall–Kier alpha value is -1.88. The number of benzene rings is 1. The first kappa shape index (κ1) is 9.67. The Labute approximate surface area is 85.9 Å². The van der Waals surface area contributed by atoms with Gasteiger partial charge in [0.05, 0.1) is 12.2 Å². The minimum absolute atomic E-state index is 0.0382. The maximum atomic E-state index is 11.6. The molecule has 78 valence electrons. The van der Waals surface area contributed by atoms with Crippen molar-refractivity contribution in [3.63, 3.8) is 0 Å². The van der Waals surface area contributed by atoms with Crippen LogP contribution in [0.1, 0.15) is 10.4 Å². The molecule has 0 aliphatic carbocycles. The van der Waals surface area contributed by atoms with Crippen molar-refractivity contribution in [1.29, 1.82) is 0 Å². The third-order valence-electron chi connectivity index (χ3n) is 1.86. The van der Waals surface area contributed by atoms with Gasteiger partial charge in [0.15, 0.2) is 0 Å². The van der Waals surface area contributed by atoms with Crippen LogP contribution in [-0.2, 0) is 4.84 Å². The Morgan fingerprint density at radius 2 is 2.20 bits per heavy atom. The molecule has 2 rings (SSSR count). The Morgan fingerprint density at radius 1 is 1.40 bits per heavy atom. The van der Waals surface area contributed by atoms with E-state index < -0.39 is 0 Å². The number of carbonyl (C=O) groups is 1. The fraction of sp³-hybridized carbons (Fsp3) is 0.200. The molecular weight excluding hydrogens is 198 g/mol. The third-order valence-corrected chi connectivity index (χ3v) is 1.86. The van der Waals surface area contributed by atoms with Gasteiger partial charge in [-0.2, -0.15) is 0 Å². The number of hydrogen-bond donors (Lipinski definition) is 1. The molecule has 0 aromatic heterocycles. The number of oxime groups is 1. The lowest BCUT2D eigenvalue weighted by atomic mass is 10.1. The standard InChI is InChI=1S/C10H9NO4/c12-5-6-14-11-10-9(13)7-3-1-2-4-8(7)15-10/h1-4,12H,5-6H2/b11-10-. The van der Waals surface area contributed by atoms with Gasteiger partial charge >= 0.3 is 5.90 Å². The summed E-state index contributed by atoms with van der Waals surface area (Å²) in [5.74, 6) is 0.0852. The molecule has 1 aliphatic heterocycles. The summed E-state index contributed by atoms with van der Waals surface area (Å²) >= 11 is 0. The van der Waals surface area contributed by atoms with Crippen molar-refractivity contribution in [2.45, 2.75) is 0 Å². The van der Waals surface area contributed by atoms with E-state index in [0.717, 1.165) is 0 Å². The molecule has 0 saturated carbocycles. The van der Waals surface area contributed by atoms with Crippen LogP contribution in [0.4, 0.5) is 0 Å². The lowest BCUT2D eigenvalue weighted by Gasteiger charge is -1.96. The maximum absolute atomic E-state index is 11.6. The van der Waals surface area contributed by atoms with E-state index >= 15 is 0 Å². The van der Waals surface area contributed by atoms with Crippen molar-refractivity contribution in [2.24, 2.45) is 5.16 Å². The van der Waals surface area contributed by atoms with Crippen molar-refractivity contribution >= 4 is 11.7 Å². The first-order chi connectivity index (χ1) is 7.33. The van der Waals surface area contributed by atoms with Crippen molar-refractivity contribution in [1.82, 2.24) is 0 Å². The fourth-order valence-electron chi connectivity index (χ4n) is 1.21. The number of Topliss-reactive ketones (excluding diaryl/α,β-unsaturated/α-hetero) is 1. The van der Waals surface area contributed by atoms with E-state index in [-0.39, 0.29) is 24.9 Å². The van der Waals surface area contributed by atoms with Gasteiger partial charge in [-0.25, -0.2) is 0 Å². The van der Waals surface area contributed by atoms with Crippen molar-refractivity contribution in [3.05, 3.63) is 29.8 Å². The van der Waals surface area contributed by atoms with Gasteiger partial charge in [0.25, 0.3) is 5.78 Å². The fourth-order valence-corrected chi connectivity index (χ4v) is 1.21. The first-order valence-electron chi connectivity index (χ1n) is 4.45. The molecule has 1 heterocycles. The van der Waals surface area contributed by atoms with E-state index in [4.69, 9.17) is 9.84 Å². The number of aliphatic hydroxyl groups excluding tert-OH is 1. The molecule has 0 amide bonds. The van der Waals surface area contributed by atoms with Gasteiger partial charge in [0.2, 0.25) is 0 Å². The summed E-state index contributed by atoms with van der Waals surface area (Å²) in [6, 6.07) is 6.86. The monoisotopic (exact) mass is 207 g/mol. The van der Waals surface area contributed by atoms with Crippen LogP contribution in [0.15, 0.2) is 29.4 Å². The van der Waals surface area contributed by atoms with Gasteiger partial charge in [-0.3, -0.25) is 4.79 Å². The normalized spacial score (nSPS) is 16.3. The highest BCUT2D eigenvalue weighted by Gasteiger charge is 2.29. The predicted molar refractivity (Wildman–Crippen MR) is 51.9 cm³/mol. The van der Waals surface area contributed by atoms with E-state index in [2.05, 4.69) is 9.99 Å². The third kappa shape index (κ3) is 1.82. The number of hydrogen-bond acceptors (Lipinski definition) is 5. The summed E-state index contributed by atoms with van der Waals surface area (Å²) in [6.07, 6.45) is 0. The van der Waals surface area contributed by atoms with Gasteiger partial charge in [0.1, 0.15) is 12.4 Å². The van der Waals surface area contributed by atoms with E-state index in [1.165, 1.54) is 0 Å². The largest absolute Gasteiger partial charge is 0.433 e. The van der Waals surface area contributed by atoms with E-state index in [1.54, 1.807) is 24.3 Å². The molecular formula is C10H9NO4. The van der Waals surface area contributed by atoms with Crippen molar-refractivity contribution in [3.8, 4) is 5.75 Å². The van der Waals surface area contributed by atoms with Gasteiger partial charge in [-0.05, 0) is 17.3 Å². The zero-order valence-corrected chi connectivity index (χ0v) is 7.84. The van der Waals surface area contributed by atoms with E-state index in [0.29, 0.717) is 11.3 Å². The Kier molecular flexibility index (Phi) is 2.64. The molecule has 0 bridgehead atoms. The second-order valence-electron chi connectivity index (χ2n) is 2.88. The Bertz CT molecular complexity index is 414. The SMILES string of the molecule is O=C1/C(=N/OCCO)Oc2ccccc21. The molecule has 1 N–H and O–H groups in total. The molecule has 1 aromatic carbocycles. The molecule has 0 unspecified atom stereocenters. The highest BCUT2D eigenvalue weighted by atomic mass is 16.7. The summed E-state index contributed by atoms with van der Waals surface area (Å²) < 4.78 is 5.16. The number of ether oxygens (including phenoxy) is 1. The van der Waals surface area contributed by atoms with Gasteiger partial charge in [-0.15, -0.1) is 0 Å². The van der Waals surface area contributed by atoms with Crippen LogP contribution in [0.5, 0.6) is 5.75 Å². The number of fused-ring (bicyclic) bond motifs is 1. The van der Waals surface area contributed by atoms with E-state index in [1.807, 2.05) is 0 Å². The lowest BCUT2D eigenvalue weighted by Crippen LogP contribution is -2.13. The summed E-state index contributed by atoms with van der Waals surface area (Å²) in [4.78, 5) is 16.3.